The minimum absolute atomic E-state index is 0.182. The maximum atomic E-state index is 10.9. The summed E-state index contributed by atoms with van der Waals surface area (Å²) in [6, 6.07) is 4.87. The summed E-state index contributed by atoms with van der Waals surface area (Å²) >= 11 is 3.28. The summed E-state index contributed by atoms with van der Waals surface area (Å²) in [6.07, 6.45) is 3.49. The Hall–Kier alpha value is -1.29. The third kappa shape index (κ3) is 3.70. The summed E-state index contributed by atoms with van der Waals surface area (Å²) in [4.78, 5) is 10.9. The molecule has 0 atom stereocenters. The lowest BCUT2D eigenvalue weighted by Gasteiger charge is -2.08. The van der Waals surface area contributed by atoms with E-state index in [2.05, 4.69) is 22.5 Å². The Kier molecular flexibility index (Phi) is 5.05. The van der Waals surface area contributed by atoms with Gasteiger partial charge in [-0.05, 0) is 31.0 Å². The van der Waals surface area contributed by atoms with Crippen molar-refractivity contribution in [3.63, 3.8) is 0 Å². The van der Waals surface area contributed by atoms with Gasteiger partial charge in [-0.15, -0.1) is 6.58 Å². The van der Waals surface area contributed by atoms with Gasteiger partial charge in [-0.25, -0.2) is 4.79 Å². The normalized spacial score (nSPS) is 9.81. The molecule has 0 aliphatic carbocycles. The quantitative estimate of drug-likeness (QED) is 0.643. The van der Waals surface area contributed by atoms with E-state index in [0.29, 0.717) is 12.4 Å². The van der Waals surface area contributed by atoms with Gasteiger partial charge in [-0.3, -0.25) is 0 Å². The van der Waals surface area contributed by atoms with Crippen molar-refractivity contribution in [2.45, 2.75) is 12.8 Å². The summed E-state index contributed by atoms with van der Waals surface area (Å²) in [5.74, 6) is -0.586. The molecule has 4 heteroatoms. The molecule has 86 valence electrons. The second-order valence-corrected chi connectivity index (χ2v) is 4.14. The van der Waals surface area contributed by atoms with Crippen LogP contribution in [0.25, 0.3) is 0 Å². The van der Waals surface area contributed by atoms with Crippen molar-refractivity contribution in [3.8, 4) is 5.75 Å². The number of ether oxygens (including phenoxy) is 1. The zero-order chi connectivity index (χ0) is 12.0. The van der Waals surface area contributed by atoms with Gasteiger partial charge in [-0.1, -0.05) is 22.0 Å². The van der Waals surface area contributed by atoms with Gasteiger partial charge in [0.15, 0.2) is 0 Å². The highest BCUT2D eigenvalue weighted by Gasteiger charge is 2.11. The molecule has 1 aromatic carbocycles. The van der Waals surface area contributed by atoms with E-state index in [1.807, 2.05) is 6.08 Å². The Morgan fingerprint density at radius 3 is 2.94 bits per heavy atom. The molecule has 0 spiro atoms. The number of carboxylic acids is 1. The average molecular weight is 285 g/mol. The number of hydrogen-bond acceptors (Lipinski definition) is 2. The molecule has 0 saturated carbocycles. The van der Waals surface area contributed by atoms with E-state index in [9.17, 15) is 4.79 Å². The van der Waals surface area contributed by atoms with Crippen LogP contribution in [0, 0.1) is 0 Å². The number of carbonyl (C=O) groups is 1. The Bertz CT molecular complexity index is 388. The molecule has 0 radical (unpaired) electrons. The monoisotopic (exact) mass is 284 g/mol. The zero-order valence-electron chi connectivity index (χ0n) is 8.78. The molecule has 0 amide bonds. The lowest BCUT2D eigenvalue weighted by atomic mass is 10.2. The van der Waals surface area contributed by atoms with Gasteiger partial charge in [0, 0.05) is 4.47 Å². The fraction of sp³-hybridized carbons (Fsp3) is 0.250. The number of carboxylic acid groups (broad SMARTS) is 1. The maximum Gasteiger partial charge on any atom is 0.339 e. The van der Waals surface area contributed by atoms with E-state index in [1.54, 1.807) is 12.1 Å². The maximum absolute atomic E-state index is 10.9. The summed E-state index contributed by atoms with van der Waals surface area (Å²) in [6.45, 7) is 4.10. The van der Waals surface area contributed by atoms with Gasteiger partial charge in [0.1, 0.15) is 11.3 Å². The Morgan fingerprint density at radius 1 is 1.56 bits per heavy atom. The third-order valence-corrected chi connectivity index (χ3v) is 2.48. The Morgan fingerprint density at radius 2 is 2.31 bits per heavy atom. The summed E-state index contributed by atoms with van der Waals surface area (Å²) in [5, 5.41) is 8.95. The smallest absolute Gasteiger partial charge is 0.339 e. The number of benzene rings is 1. The van der Waals surface area contributed by atoms with Crippen LogP contribution in [0.15, 0.2) is 35.3 Å². The number of rotatable bonds is 6. The number of hydrogen-bond donors (Lipinski definition) is 1. The van der Waals surface area contributed by atoms with Gasteiger partial charge in [0.05, 0.1) is 6.61 Å². The van der Waals surface area contributed by atoms with Crippen LogP contribution < -0.4 is 4.74 Å². The standard InChI is InChI=1S/C12H13BrO3/c1-2-3-4-7-16-11-8-9(13)5-6-10(11)12(14)15/h2,5-6,8H,1,3-4,7H2,(H,14,15). The summed E-state index contributed by atoms with van der Waals surface area (Å²) in [5.41, 5.74) is 0.182. The minimum Gasteiger partial charge on any atom is -0.493 e. The molecule has 0 bridgehead atoms. The van der Waals surface area contributed by atoms with Gasteiger partial charge in [0.25, 0.3) is 0 Å². The molecule has 0 heterocycles. The van der Waals surface area contributed by atoms with Gasteiger partial charge in [-0.2, -0.15) is 0 Å². The van der Waals surface area contributed by atoms with Crippen LogP contribution in [0.1, 0.15) is 23.2 Å². The van der Waals surface area contributed by atoms with Crippen molar-refractivity contribution in [2.24, 2.45) is 0 Å². The van der Waals surface area contributed by atoms with E-state index < -0.39 is 5.97 Å². The highest BCUT2D eigenvalue weighted by Crippen LogP contribution is 2.24. The SMILES string of the molecule is C=CCCCOc1cc(Br)ccc1C(=O)O. The van der Waals surface area contributed by atoms with Crippen molar-refractivity contribution in [1.29, 1.82) is 0 Å². The number of aromatic carboxylic acids is 1. The van der Waals surface area contributed by atoms with Crippen LogP contribution in [0.3, 0.4) is 0 Å². The highest BCUT2D eigenvalue weighted by atomic mass is 79.9. The van der Waals surface area contributed by atoms with Crippen molar-refractivity contribution in [2.75, 3.05) is 6.61 Å². The largest absolute Gasteiger partial charge is 0.493 e. The first-order valence-corrected chi connectivity index (χ1v) is 5.71. The molecule has 1 rings (SSSR count). The van der Waals surface area contributed by atoms with E-state index >= 15 is 0 Å². The number of halogens is 1. The molecule has 0 unspecified atom stereocenters. The van der Waals surface area contributed by atoms with Gasteiger partial charge < -0.3 is 9.84 Å². The van der Waals surface area contributed by atoms with Crippen LogP contribution >= 0.6 is 15.9 Å². The second kappa shape index (κ2) is 6.33. The van der Waals surface area contributed by atoms with Crippen molar-refractivity contribution in [3.05, 3.63) is 40.9 Å². The lowest BCUT2D eigenvalue weighted by Crippen LogP contribution is -2.04. The molecule has 0 fully saturated rings. The molecule has 1 N–H and O–H groups in total. The predicted octanol–water partition coefficient (Wildman–Crippen LogP) is 3.49. The molecule has 0 aliphatic rings. The number of unbranched alkanes of at least 4 members (excludes halogenated alkanes) is 1. The van der Waals surface area contributed by atoms with Gasteiger partial charge >= 0.3 is 5.97 Å². The number of allylic oxidation sites excluding steroid dienone is 1. The molecule has 0 aliphatic heterocycles. The Labute approximate surface area is 103 Å². The second-order valence-electron chi connectivity index (χ2n) is 3.22. The Balaban J connectivity index is 2.72. The van der Waals surface area contributed by atoms with Crippen molar-refractivity contribution >= 4 is 21.9 Å². The van der Waals surface area contributed by atoms with Crippen LogP contribution in [-0.4, -0.2) is 17.7 Å². The molecule has 0 saturated heterocycles. The summed E-state index contributed by atoms with van der Waals surface area (Å²) < 4.78 is 6.22. The van der Waals surface area contributed by atoms with Crippen LogP contribution in [0.2, 0.25) is 0 Å². The molecule has 3 nitrogen and oxygen atoms in total. The zero-order valence-corrected chi connectivity index (χ0v) is 10.4. The fourth-order valence-electron chi connectivity index (χ4n) is 1.20. The molecule has 0 aromatic heterocycles. The van der Waals surface area contributed by atoms with E-state index in [4.69, 9.17) is 9.84 Å². The molecule has 16 heavy (non-hydrogen) atoms. The first kappa shape index (κ1) is 12.8. The first-order chi connectivity index (χ1) is 7.65. The van der Waals surface area contributed by atoms with Crippen molar-refractivity contribution < 1.29 is 14.6 Å². The molecule has 1 aromatic rings. The fourth-order valence-corrected chi connectivity index (χ4v) is 1.54. The predicted molar refractivity (Wildman–Crippen MR) is 66.0 cm³/mol. The third-order valence-electron chi connectivity index (χ3n) is 1.98. The first-order valence-electron chi connectivity index (χ1n) is 4.91. The van der Waals surface area contributed by atoms with Crippen molar-refractivity contribution in [1.82, 2.24) is 0 Å². The van der Waals surface area contributed by atoms with E-state index in [1.165, 1.54) is 6.07 Å². The lowest BCUT2D eigenvalue weighted by molar-refractivity contribution is 0.0692. The topological polar surface area (TPSA) is 46.5 Å². The average Bonchev–Trinajstić information content (AvgIpc) is 2.24. The minimum atomic E-state index is -0.980. The van der Waals surface area contributed by atoms with E-state index in [0.717, 1.165) is 17.3 Å². The molecular formula is C12H13BrO3. The van der Waals surface area contributed by atoms with Gasteiger partial charge in [0.2, 0.25) is 0 Å². The van der Waals surface area contributed by atoms with Crippen LogP contribution in [0.5, 0.6) is 5.75 Å². The van der Waals surface area contributed by atoms with Crippen LogP contribution in [0.4, 0.5) is 0 Å². The molecular weight excluding hydrogens is 272 g/mol. The van der Waals surface area contributed by atoms with E-state index in [-0.39, 0.29) is 5.56 Å². The highest BCUT2D eigenvalue weighted by molar-refractivity contribution is 9.10. The van der Waals surface area contributed by atoms with Crippen LogP contribution in [-0.2, 0) is 0 Å². The summed E-state index contributed by atoms with van der Waals surface area (Å²) in [7, 11) is 0.